The first-order valence-electron chi connectivity index (χ1n) is 17.2. The lowest BCUT2D eigenvalue weighted by Crippen LogP contribution is -2.11. The normalized spacial score (nSPS) is 10.8. The zero-order valence-electron chi connectivity index (χ0n) is 32.8. The summed E-state index contributed by atoms with van der Waals surface area (Å²) in [6.07, 6.45) is 0. The van der Waals surface area contributed by atoms with Crippen LogP contribution in [0.2, 0.25) is 0 Å². The van der Waals surface area contributed by atoms with E-state index in [0.717, 1.165) is 79.7 Å². The molecule has 1 heterocycles. The minimum Gasteiger partial charge on any atom is -0.449 e. The maximum absolute atomic E-state index is 12.5. The van der Waals surface area contributed by atoms with Gasteiger partial charge in [-0.15, -0.1) is 0 Å². The fraction of sp³-hybridized carbons (Fsp3) is 0.200. The van der Waals surface area contributed by atoms with Gasteiger partial charge in [-0.3, -0.25) is 38.4 Å². The van der Waals surface area contributed by atoms with Gasteiger partial charge in [-0.05, 0) is 0 Å². The largest absolute Gasteiger partial charge is 0.449 e. The van der Waals surface area contributed by atoms with Gasteiger partial charge in [-0.1, -0.05) is 0 Å². The van der Waals surface area contributed by atoms with Crippen molar-refractivity contribution in [1.82, 2.24) is 0 Å². The van der Waals surface area contributed by atoms with Crippen molar-refractivity contribution in [2.75, 3.05) is 0 Å². The first-order chi connectivity index (χ1) is 28.2. The summed E-state index contributed by atoms with van der Waals surface area (Å²) in [6.45, 7) is 8.62. The van der Waals surface area contributed by atoms with Crippen molar-refractivity contribution < 1.29 is 95.2 Å². The molecule has 4 aromatic rings. The van der Waals surface area contributed by atoms with E-state index in [4.69, 9.17) is 56.8 Å². The molecule has 0 radical (unpaired) electrons. The molecule has 312 valence electrons. The molecule has 0 N–H and O–H groups in total. The number of hydrogen-bond donors (Lipinski definition) is 0. The van der Waals surface area contributed by atoms with Crippen LogP contribution in [0.25, 0.3) is 0 Å². The molecule has 20 heteroatoms. The minimum absolute atomic E-state index is 0.150. The summed E-state index contributed by atoms with van der Waals surface area (Å²) in [7, 11) is 0. The number of hydrogen-bond acceptors (Lipinski definition) is 20. The van der Waals surface area contributed by atoms with Gasteiger partial charge in [0.05, 0.1) is 0 Å². The molecule has 0 saturated carbocycles. The van der Waals surface area contributed by atoms with Crippen LogP contribution in [-0.2, 0) is 38.4 Å². The number of benzene rings is 4. The molecular formula is C40H32O20. The third-order valence-electron chi connectivity index (χ3n) is 6.87. The van der Waals surface area contributed by atoms with Crippen LogP contribution in [0.4, 0.5) is 0 Å². The third-order valence-corrected chi connectivity index (χ3v) is 6.87. The monoisotopic (exact) mass is 832 g/mol. The number of carbonyl (C=O) groups is 8. The van der Waals surface area contributed by atoms with Crippen molar-refractivity contribution in [3.05, 3.63) is 48.5 Å². The lowest BCUT2D eigenvalue weighted by atomic mass is 10.2. The highest BCUT2D eigenvalue weighted by Gasteiger charge is 2.36. The van der Waals surface area contributed by atoms with Crippen LogP contribution < -0.4 is 56.8 Å². The topological polar surface area (TPSA) is 247 Å². The summed E-state index contributed by atoms with van der Waals surface area (Å²) < 4.78 is 67.4. The van der Waals surface area contributed by atoms with Gasteiger partial charge in [0, 0.05) is 104 Å². The van der Waals surface area contributed by atoms with Gasteiger partial charge in [0.15, 0.2) is 34.5 Å². The summed E-state index contributed by atoms with van der Waals surface area (Å²) in [5, 5.41) is 0. The predicted octanol–water partition coefficient (Wildman–Crippen LogP) is 6.57. The molecule has 0 saturated heterocycles. The van der Waals surface area contributed by atoms with Crippen LogP contribution in [-0.4, -0.2) is 47.8 Å². The first-order valence-corrected chi connectivity index (χ1v) is 17.2. The van der Waals surface area contributed by atoms with E-state index < -0.39 is 93.8 Å². The van der Waals surface area contributed by atoms with Crippen LogP contribution in [0.3, 0.4) is 0 Å². The molecule has 0 aromatic heterocycles. The molecule has 0 unspecified atom stereocenters. The highest BCUT2D eigenvalue weighted by molar-refractivity contribution is 5.81. The van der Waals surface area contributed by atoms with E-state index in [0.29, 0.717) is 0 Å². The molecule has 0 fully saturated rings. The van der Waals surface area contributed by atoms with Crippen molar-refractivity contribution in [2.24, 2.45) is 0 Å². The molecule has 20 nitrogen and oxygen atoms in total. The number of rotatable bonds is 12. The van der Waals surface area contributed by atoms with E-state index in [-0.39, 0.29) is 46.0 Å². The summed E-state index contributed by atoms with van der Waals surface area (Å²) >= 11 is 0. The smallest absolute Gasteiger partial charge is 0.308 e. The second-order valence-corrected chi connectivity index (χ2v) is 12.2. The van der Waals surface area contributed by atoms with Crippen LogP contribution in [0.5, 0.6) is 92.0 Å². The van der Waals surface area contributed by atoms with E-state index in [1.54, 1.807) is 0 Å². The Labute approximate surface area is 338 Å². The summed E-state index contributed by atoms with van der Waals surface area (Å²) in [5.74, 6) is -12.2. The van der Waals surface area contributed by atoms with Crippen LogP contribution in [0, 0.1) is 0 Å². The summed E-state index contributed by atoms with van der Waals surface area (Å²) in [6, 6.07) is 9.10. The number of carbonyl (C=O) groups excluding carboxylic acids is 8. The van der Waals surface area contributed by atoms with Gasteiger partial charge in [0.25, 0.3) is 0 Å². The van der Waals surface area contributed by atoms with E-state index in [1.165, 1.54) is 24.3 Å². The summed E-state index contributed by atoms with van der Waals surface area (Å²) in [4.78, 5) is 97.1. The Morgan fingerprint density at radius 1 is 0.317 bits per heavy atom. The first kappa shape index (κ1) is 43.0. The maximum Gasteiger partial charge on any atom is 0.308 e. The Hall–Kier alpha value is -8.16. The van der Waals surface area contributed by atoms with Crippen molar-refractivity contribution in [1.29, 1.82) is 0 Å². The van der Waals surface area contributed by atoms with Gasteiger partial charge in [-0.2, -0.15) is 0 Å². The molecule has 1 aliphatic heterocycles. The zero-order valence-corrected chi connectivity index (χ0v) is 32.8. The van der Waals surface area contributed by atoms with Crippen LogP contribution in [0.15, 0.2) is 48.5 Å². The molecule has 0 amide bonds. The number of ether oxygens (including phenoxy) is 12. The van der Waals surface area contributed by atoms with Crippen LogP contribution >= 0.6 is 0 Å². The van der Waals surface area contributed by atoms with Crippen molar-refractivity contribution in [2.45, 2.75) is 55.4 Å². The molecular weight excluding hydrogens is 800 g/mol. The van der Waals surface area contributed by atoms with Crippen LogP contribution in [0.1, 0.15) is 55.4 Å². The summed E-state index contributed by atoms with van der Waals surface area (Å²) in [5.41, 5.74) is 0. The average Bonchev–Trinajstić information content (AvgIpc) is 3.08. The van der Waals surface area contributed by atoms with E-state index >= 15 is 0 Å². The lowest BCUT2D eigenvalue weighted by Gasteiger charge is -2.27. The Bertz CT molecular complexity index is 2410. The van der Waals surface area contributed by atoms with Gasteiger partial charge in [0.1, 0.15) is 28.7 Å². The number of esters is 8. The Morgan fingerprint density at radius 2 is 0.683 bits per heavy atom. The molecule has 1 aliphatic rings. The van der Waals surface area contributed by atoms with Crippen molar-refractivity contribution in [3.8, 4) is 92.0 Å². The van der Waals surface area contributed by atoms with E-state index in [1.807, 2.05) is 0 Å². The second-order valence-electron chi connectivity index (χ2n) is 12.2. The Balaban J connectivity index is 1.85. The SMILES string of the molecule is CC(=O)Oc1cc(OC(C)=O)cc(Oc2c(Oc3c(OC(C)=O)cc(OC(C)=O)cc3OC(C)=O)cc(OC(C)=O)c3c2Oc2c(OC(C)=O)cc(OC(C)=O)cc2O3)c1. The average molecular weight is 833 g/mol. The molecule has 0 aliphatic carbocycles. The van der Waals surface area contributed by atoms with Gasteiger partial charge < -0.3 is 56.8 Å². The fourth-order valence-electron chi connectivity index (χ4n) is 5.19. The third kappa shape index (κ3) is 11.0. The molecule has 0 spiro atoms. The van der Waals surface area contributed by atoms with Crippen molar-refractivity contribution >= 4 is 47.8 Å². The fourth-order valence-corrected chi connectivity index (χ4v) is 5.19. The second kappa shape index (κ2) is 18.0. The standard InChI is InChI=1S/C40H32O20/c1-17(41)49-25-9-26(50-18(2)42)11-27(10-25)57-38-35(58-36-30(53-21(5)45)12-28(51-19(3)43)13-31(36)54-22(6)46)16-34(56-24(8)48)39-40(38)60-37-32(55-23(7)47)14-29(52-20(4)44)15-33(37)59-39/h9-16H,1-8H3. The van der Waals surface area contributed by atoms with Crippen molar-refractivity contribution in [3.63, 3.8) is 0 Å². The Kier molecular flexibility index (Phi) is 12.9. The van der Waals surface area contributed by atoms with E-state index in [2.05, 4.69) is 0 Å². The molecule has 0 atom stereocenters. The van der Waals surface area contributed by atoms with Gasteiger partial charge in [0.2, 0.25) is 28.7 Å². The Morgan fingerprint density at radius 3 is 1.13 bits per heavy atom. The molecule has 5 rings (SSSR count). The molecule has 0 bridgehead atoms. The predicted molar refractivity (Wildman–Crippen MR) is 197 cm³/mol. The minimum atomic E-state index is -0.907. The maximum atomic E-state index is 12.5. The highest BCUT2D eigenvalue weighted by atomic mass is 16.6. The van der Waals surface area contributed by atoms with Gasteiger partial charge in [-0.25, -0.2) is 0 Å². The lowest BCUT2D eigenvalue weighted by molar-refractivity contribution is -0.133. The molecule has 60 heavy (non-hydrogen) atoms. The van der Waals surface area contributed by atoms with E-state index in [9.17, 15) is 38.4 Å². The quantitative estimate of drug-likeness (QED) is 0.0952. The molecule has 4 aromatic carbocycles. The van der Waals surface area contributed by atoms with Gasteiger partial charge >= 0.3 is 47.8 Å². The highest BCUT2D eigenvalue weighted by Crippen LogP contribution is 2.62. The zero-order chi connectivity index (χ0) is 44.0. The number of fused-ring (bicyclic) bond motifs is 2.